The van der Waals surface area contributed by atoms with Crippen LogP contribution in [-0.2, 0) is 19.1 Å². The van der Waals surface area contributed by atoms with Crippen molar-refractivity contribution in [3.63, 3.8) is 0 Å². The van der Waals surface area contributed by atoms with Crippen LogP contribution >= 0.6 is 0 Å². The molecule has 150 valence electrons. The van der Waals surface area contributed by atoms with E-state index in [1.807, 2.05) is 6.92 Å². The first-order valence-corrected chi connectivity index (χ1v) is 10.3. The Morgan fingerprint density at radius 3 is 2.63 bits per heavy atom. The first-order valence-electron chi connectivity index (χ1n) is 10.3. The Morgan fingerprint density at radius 1 is 1.22 bits per heavy atom. The number of hydrogen-bond donors (Lipinski definition) is 0. The molecule has 0 aromatic carbocycles. The maximum Gasteiger partial charge on any atom is 0.312 e. The second-order valence-corrected chi connectivity index (χ2v) is 9.52. The number of allylic oxidation sites excluding steroid dienone is 2. The Morgan fingerprint density at radius 2 is 1.96 bits per heavy atom. The van der Waals surface area contributed by atoms with Crippen molar-refractivity contribution < 1.29 is 19.1 Å². The molecule has 0 aromatic rings. The highest BCUT2D eigenvalue weighted by Crippen LogP contribution is 2.63. The van der Waals surface area contributed by atoms with Crippen LogP contribution in [0.3, 0.4) is 0 Å². The van der Waals surface area contributed by atoms with Crippen molar-refractivity contribution in [2.24, 2.45) is 28.1 Å². The number of hydrogen-bond acceptors (Lipinski definition) is 4. The van der Waals surface area contributed by atoms with Crippen LogP contribution < -0.4 is 0 Å². The zero-order chi connectivity index (χ0) is 19.9. The summed E-state index contributed by atoms with van der Waals surface area (Å²) in [5.74, 6) is 0.534. The van der Waals surface area contributed by atoms with Gasteiger partial charge in [-0.15, -0.1) is 0 Å². The smallest absolute Gasteiger partial charge is 0.312 e. The van der Waals surface area contributed by atoms with Gasteiger partial charge in [-0.1, -0.05) is 37.6 Å². The van der Waals surface area contributed by atoms with Crippen LogP contribution in [0, 0.1) is 28.1 Å². The molecule has 0 heterocycles. The number of carbonyl (C=O) groups is 2. The molecule has 0 aliphatic heterocycles. The minimum atomic E-state index is -0.458. The van der Waals surface area contributed by atoms with Gasteiger partial charge in [0.2, 0.25) is 0 Å². The van der Waals surface area contributed by atoms with Gasteiger partial charge in [0.1, 0.15) is 6.61 Å². The molecule has 2 fully saturated rings. The fourth-order valence-electron chi connectivity index (χ4n) is 6.37. The van der Waals surface area contributed by atoms with Gasteiger partial charge in [0.25, 0.3) is 0 Å². The quantitative estimate of drug-likeness (QED) is 0.522. The van der Waals surface area contributed by atoms with E-state index in [0.717, 1.165) is 38.5 Å². The largest absolute Gasteiger partial charge is 0.469 e. The van der Waals surface area contributed by atoms with Crippen LogP contribution in [0.4, 0.5) is 0 Å². The van der Waals surface area contributed by atoms with Crippen molar-refractivity contribution >= 4 is 11.9 Å². The summed E-state index contributed by atoms with van der Waals surface area (Å²) >= 11 is 0. The van der Waals surface area contributed by atoms with E-state index in [1.54, 1.807) is 6.08 Å². The van der Waals surface area contributed by atoms with Gasteiger partial charge in [-0.25, -0.2) is 0 Å². The summed E-state index contributed by atoms with van der Waals surface area (Å²) in [5.41, 5.74) is 0.636. The van der Waals surface area contributed by atoms with Crippen LogP contribution in [-0.4, -0.2) is 25.7 Å². The minimum Gasteiger partial charge on any atom is -0.469 e. The molecule has 0 unspecified atom stereocenters. The number of carbonyl (C=O) groups excluding carboxylic acids is 2. The predicted molar refractivity (Wildman–Crippen MR) is 105 cm³/mol. The van der Waals surface area contributed by atoms with E-state index in [9.17, 15) is 9.59 Å². The van der Waals surface area contributed by atoms with E-state index in [1.165, 1.54) is 12.7 Å². The molecule has 27 heavy (non-hydrogen) atoms. The topological polar surface area (TPSA) is 52.6 Å². The van der Waals surface area contributed by atoms with E-state index in [4.69, 9.17) is 9.47 Å². The number of rotatable bonds is 4. The average Bonchev–Trinajstić information content (AvgIpc) is 2.64. The van der Waals surface area contributed by atoms with Crippen molar-refractivity contribution in [1.29, 1.82) is 0 Å². The Hall–Kier alpha value is -1.58. The van der Waals surface area contributed by atoms with Gasteiger partial charge in [0.05, 0.1) is 17.9 Å². The van der Waals surface area contributed by atoms with Crippen LogP contribution in [0.1, 0.15) is 65.7 Å². The molecule has 4 heteroatoms. The summed E-state index contributed by atoms with van der Waals surface area (Å²) in [6.45, 7) is 10.4. The summed E-state index contributed by atoms with van der Waals surface area (Å²) in [5, 5.41) is 0. The number of fused-ring (bicyclic) bond motifs is 3. The molecule has 0 spiro atoms. The lowest BCUT2D eigenvalue weighted by Crippen LogP contribution is -2.53. The number of ether oxygens (including phenoxy) is 2. The molecule has 4 nitrogen and oxygen atoms in total. The molecule has 0 aromatic heterocycles. The SMILES string of the molecule is C=CCOC(=O)[C@]1(C)CC=C2[C@H](CC[C@@H]3[C@](C)(C(=O)OC)CCC[C@@]23C)C1. The van der Waals surface area contributed by atoms with Gasteiger partial charge < -0.3 is 9.47 Å². The molecule has 0 amide bonds. The number of methoxy groups -OCH3 is 1. The Labute approximate surface area is 163 Å². The summed E-state index contributed by atoms with van der Waals surface area (Å²) in [6.07, 6.45) is 10.6. The van der Waals surface area contributed by atoms with E-state index >= 15 is 0 Å². The molecular weight excluding hydrogens is 340 g/mol. The lowest BCUT2D eigenvalue weighted by atomic mass is 9.46. The summed E-state index contributed by atoms with van der Waals surface area (Å²) in [6, 6.07) is 0. The second-order valence-electron chi connectivity index (χ2n) is 9.52. The van der Waals surface area contributed by atoms with E-state index in [0.29, 0.717) is 18.3 Å². The van der Waals surface area contributed by atoms with Crippen LogP contribution in [0.25, 0.3) is 0 Å². The van der Waals surface area contributed by atoms with Gasteiger partial charge in [-0.05, 0) is 69.6 Å². The molecule has 5 atom stereocenters. The monoisotopic (exact) mass is 374 g/mol. The third kappa shape index (κ3) is 3.15. The molecule has 0 N–H and O–H groups in total. The van der Waals surface area contributed by atoms with Gasteiger partial charge >= 0.3 is 11.9 Å². The Balaban J connectivity index is 1.89. The highest BCUT2D eigenvalue weighted by Gasteiger charge is 2.58. The average molecular weight is 375 g/mol. The van der Waals surface area contributed by atoms with Crippen LogP contribution in [0.5, 0.6) is 0 Å². The van der Waals surface area contributed by atoms with Crippen LogP contribution in [0.15, 0.2) is 24.3 Å². The van der Waals surface area contributed by atoms with Crippen LogP contribution in [0.2, 0.25) is 0 Å². The lowest BCUT2D eigenvalue weighted by Gasteiger charge is -2.58. The lowest BCUT2D eigenvalue weighted by molar-refractivity contribution is -0.164. The van der Waals surface area contributed by atoms with Gasteiger partial charge in [0.15, 0.2) is 0 Å². The van der Waals surface area contributed by atoms with E-state index in [2.05, 4.69) is 26.5 Å². The molecule has 0 saturated heterocycles. The maximum atomic E-state index is 12.6. The van der Waals surface area contributed by atoms with Crippen molar-refractivity contribution in [3.05, 3.63) is 24.3 Å². The first-order chi connectivity index (χ1) is 12.7. The minimum absolute atomic E-state index is 0.0243. The fraction of sp³-hybridized carbons (Fsp3) is 0.739. The molecular formula is C23H34O4. The van der Waals surface area contributed by atoms with Crippen molar-refractivity contribution in [2.45, 2.75) is 65.7 Å². The summed E-state index contributed by atoms with van der Waals surface area (Å²) in [4.78, 5) is 25.2. The number of esters is 2. The van der Waals surface area contributed by atoms with E-state index < -0.39 is 10.8 Å². The summed E-state index contributed by atoms with van der Waals surface area (Å²) < 4.78 is 10.6. The molecule has 2 saturated carbocycles. The molecule has 3 aliphatic rings. The first kappa shape index (κ1) is 20.2. The van der Waals surface area contributed by atoms with Gasteiger partial charge in [-0.3, -0.25) is 9.59 Å². The van der Waals surface area contributed by atoms with Crippen molar-refractivity contribution in [1.82, 2.24) is 0 Å². The van der Waals surface area contributed by atoms with Gasteiger partial charge in [-0.2, -0.15) is 0 Å². The van der Waals surface area contributed by atoms with Gasteiger partial charge in [0, 0.05) is 0 Å². The Kier molecular flexibility index (Phi) is 5.31. The fourth-order valence-corrected chi connectivity index (χ4v) is 6.37. The summed E-state index contributed by atoms with van der Waals surface area (Å²) in [7, 11) is 1.51. The molecule has 3 rings (SSSR count). The predicted octanol–water partition coefficient (Wildman–Crippen LogP) is 4.84. The maximum absolute atomic E-state index is 12.6. The highest BCUT2D eigenvalue weighted by atomic mass is 16.5. The van der Waals surface area contributed by atoms with E-state index in [-0.39, 0.29) is 24.0 Å². The Bertz CT molecular complexity index is 665. The third-order valence-corrected chi connectivity index (χ3v) is 7.78. The standard InChI is InChI=1S/C23H34O4/c1-6-14-27-19(24)21(2)13-10-17-16(15-21)8-9-18-22(17,3)11-7-12-23(18,4)20(25)26-5/h6,10,16,18H,1,7-9,11-15H2,2-5H3/t16-,18+,21-,22+,23-/m1/s1. The molecule has 3 aliphatic carbocycles. The normalized spacial score (nSPS) is 40.8. The zero-order valence-electron chi connectivity index (χ0n) is 17.3. The molecule has 0 radical (unpaired) electrons. The highest BCUT2D eigenvalue weighted by molar-refractivity contribution is 5.78. The van der Waals surface area contributed by atoms with Crippen molar-refractivity contribution in [3.8, 4) is 0 Å². The van der Waals surface area contributed by atoms with Crippen molar-refractivity contribution in [2.75, 3.05) is 13.7 Å². The molecule has 0 bridgehead atoms. The second kappa shape index (κ2) is 7.10. The zero-order valence-corrected chi connectivity index (χ0v) is 17.3. The third-order valence-electron chi connectivity index (χ3n) is 7.78.